The highest BCUT2D eigenvalue weighted by Gasteiger charge is 2.19. The number of hydrogen-bond acceptors (Lipinski definition) is 4. The van der Waals surface area contributed by atoms with Crippen molar-refractivity contribution in [2.45, 2.75) is 26.5 Å². The minimum atomic E-state index is -0.300. The molecule has 1 amide bonds. The quantitative estimate of drug-likeness (QED) is 0.736. The van der Waals surface area contributed by atoms with Gasteiger partial charge in [-0.1, -0.05) is 37.3 Å². The van der Waals surface area contributed by atoms with Crippen LogP contribution in [0.1, 0.15) is 19.4 Å². The molecule has 1 atom stereocenters. The van der Waals surface area contributed by atoms with E-state index in [1.807, 2.05) is 73.3 Å². The van der Waals surface area contributed by atoms with Crippen molar-refractivity contribution in [2.75, 3.05) is 25.0 Å². The van der Waals surface area contributed by atoms with Crippen LogP contribution in [-0.4, -0.2) is 41.7 Å². The molecule has 0 aromatic heterocycles. The third kappa shape index (κ3) is 5.89. The smallest absolute Gasteiger partial charge is 0.241 e. The first-order valence-corrected chi connectivity index (χ1v) is 8.56. The van der Waals surface area contributed by atoms with Crippen LogP contribution in [0.4, 0.5) is 5.69 Å². The molecule has 0 aliphatic carbocycles. The minimum Gasteiger partial charge on any atom is -0.489 e. The molecule has 25 heavy (non-hydrogen) atoms. The molecule has 2 N–H and O–H groups in total. The first kappa shape index (κ1) is 19.0. The zero-order valence-electron chi connectivity index (χ0n) is 14.8. The molecule has 0 fully saturated rings. The molecule has 2 rings (SSSR count). The molecule has 2 aromatic carbocycles. The second-order valence-electron chi connectivity index (χ2n) is 5.82. The molecule has 1 unspecified atom stereocenters. The lowest BCUT2D eigenvalue weighted by Crippen LogP contribution is -2.43. The summed E-state index contributed by atoms with van der Waals surface area (Å²) in [6.07, 6.45) is 0. The van der Waals surface area contributed by atoms with Crippen molar-refractivity contribution in [1.29, 1.82) is 0 Å². The maximum absolute atomic E-state index is 12.3. The molecule has 5 nitrogen and oxygen atoms in total. The van der Waals surface area contributed by atoms with Crippen LogP contribution in [0.3, 0.4) is 0 Å². The van der Waals surface area contributed by atoms with Gasteiger partial charge in [0.05, 0.1) is 12.6 Å². The van der Waals surface area contributed by atoms with E-state index in [4.69, 9.17) is 9.84 Å². The second kappa shape index (κ2) is 9.81. The van der Waals surface area contributed by atoms with Gasteiger partial charge in [-0.2, -0.15) is 0 Å². The molecular formula is C20H26N2O3. The van der Waals surface area contributed by atoms with Crippen LogP contribution in [0.15, 0.2) is 54.6 Å². The molecule has 5 heteroatoms. The molecule has 0 aliphatic heterocycles. The fraction of sp³-hybridized carbons (Fsp3) is 0.350. The number of nitrogens with zero attached hydrogens (tertiary/aromatic N) is 1. The predicted octanol–water partition coefficient (Wildman–Crippen LogP) is 2.91. The van der Waals surface area contributed by atoms with Gasteiger partial charge in [0.1, 0.15) is 12.4 Å². The Hall–Kier alpha value is -2.37. The van der Waals surface area contributed by atoms with E-state index in [2.05, 4.69) is 5.32 Å². The molecule has 0 saturated carbocycles. The summed E-state index contributed by atoms with van der Waals surface area (Å²) in [4.78, 5) is 14.2. The van der Waals surface area contributed by atoms with Gasteiger partial charge in [-0.3, -0.25) is 9.69 Å². The predicted molar refractivity (Wildman–Crippen MR) is 99.6 cm³/mol. The molecule has 2 aromatic rings. The Morgan fingerprint density at radius 3 is 2.44 bits per heavy atom. The maximum Gasteiger partial charge on any atom is 0.241 e. The highest BCUT2D eigenvalue weighted by Crippen LogP contribution is 2.17. The minimum absolute atomic E-state index is 0.0406. The van der Waals surface area contributed by atoms with E-state index in [1.54, 1.807) is 0 Å². The third-order valence-electron chi connectivity index (χ3n) is 4.09. The van der Waals surface area contributed by atoms with Crippen LogP contribution in [-0.2, 0) is 11.4 Å². The van der Waals surface area contributed by atoms with Crippen molar-refractivity contribution >= 4 is 11.6 Å². The summed E-state index contributed by atoms with van der Waals surface area (Å²) in [7, 11) is 0. The van der Waals surface area contributed by atoms with Crippen molar-refractivity contribution in [3.05, 3.63) is 60.2 Å². The van der Waals surface area contributed by atoms with Crippen molar-refractivity contribution in [1.82, 2.24) is 4.90 Å². The molecule has 0 aliphatic rings. The summed E-state index contributed by atoms with van der Waals surface area (Å²) in [5.74, 6) is 0.665. The number of benzene rings is 2. The first-order chi connectivity index (χ1) is 12.1. The van der Waals surface area contributed by atoms with E-state index in [1.165, 1.54) is 0 Å². The van der Waals surface area contributed by atoms with Crippen LogP contribution in [0.2, 0.25) is 0 Å². The number of ether oxygens (including phenoxy) is 1. The summed E-state index contributed by atoms with van der Waals surface area (Å²) < 4.78 is 5.74. The number of aliphatic hydroxyl groups is 1. The Labute approximate surface area is 149 Å². The van der Waals surface area contributed by atoms with Gasteiger partial charge in [0, 0.05) is 12.2 Å². The van der Waals surface area contributed by atoms with E-state index in [9.17, 15) is 4.79 Å². The normalized spacial score (nSPS) is 12.0. The SMILES string of the molecule is CCN(CCO)C(C)C(=O)Nc1ccc(OCc2ccccc2)cc1. The number of likely N-dealkylation sites (N-methyl/N-ethyl adjacent to an activating group) is 1. The van der Waals surface area contributed by atoms with Gasteiger partial charge in [-0.05, 0) is 43.3 Å². The fourth-order valence-electron chi connectivity index (χ4n) is 2.54. The molecule has 0 radical (unpaired) electrons. The summed E-state index contributed by atoms with van der Waals surface area (Å²) in [6.45, 7) is 5.55. The van der Waals surface area contributed by atoms with Gasteiger partial charge in [0.2, 0.25) is 5.91 Å². The van der Waals surface area contributed by atoms with Gasteiger partial charge < -0.3 is 15.2 Å². The van der Waals surface area contributed by atoms with Gasteiger partial charge >= 0.3 is 0 Å². The van der Waals surface area contributed by atoms with Gasteiger partial charge in [-0.15, -0.1) is 0 Å². The number of aliphatic hydroxyl groups excluding tert-OH is 1. The van der Waals surface area contributed by atoms with Crippen LogP contribution in [0, 0.1) is 0 Å². The van der Waals surface area contributed by atoms with E-state index < -0.39 is 0 Å². The number of anilines is 1. The Bertz CT molecular complexity index is 644. The standard InChI is InChI=1S/C20H26N2O3/c1-3-22(13-14-23)16(2)20(24)21-18-9-11-19(12-10-18)25-15-17-7-5-4-6-8-17/h4-12,16,23H,3,13-15H2,1-2H3,(H,21,24). The first-order valence-electron chi connectivity index (χ1n) is 8.56. The lowest BCUT2D eigenvalue weighted by atomic mass is 10.2. The van der Waals surface area contributed by atoms with Crippen LogP contribution in [0.5, 0.6) is 5.75 Å². The Kier molecular flexibility index (Phi) is 7.44. The number of amides is 1. The second-order valence-corrected chi connectivity index (χ2v) is 5.82. The van der Waals surface area contributed by atoms with Crippen molar-refractivity contribution < 1.29 is 14.6 Å². The number of nitrogens with one attached hydrogen (secondary N) is 1. The van der Waals surface area contributed by atoms with Gasteiger partial charge in [0.25, 0.3) is 0 Å². The van der Waals surface area contributed by atoms with Crippen molar-refractivity contribution in [3.63, 3.8) is 0 Å². The third-order valence-corrected chi connectivity index (χ3v) is 4.09. The largest absolute Gasteiger partial charge is 0.489 e. The fourth-order valence-corrected chi connectivity index (χ4v) is 2.54. The van der Waals surface area contributed by atoms with Crippen LogP contribution in [0.25, 0.3) is 0 Å². The number of carbonyl (C=O) groups is 1. The summed E-state index contributed by atoms with van der Waals surface area (Å²) >= 11 is 0. The monoisotopic (exact) mass is 342 g/mol. The maximum atomic E-state index is 12.3. The lowest BCUT2D eigenvalue weighted by molar-refractivity contribution is -0.120. The Balaban J connectivity index is 1.88. The summed E-state index contributed by atoms with van der Waals surface area (Å²) in [6, 6.07) is 17.0. The number of hydrogen-bond donors (Lipinski definition) is 2. The van der Waals surface area contributed by atoms with Crippen molar-refractivity contribution in [2.24, 2.45) is 0 Å². The van der Waals surface area contributed by atoms with E-state index in [0.717, 1.165) is 17.0 Å². The highest BCUT2D eigenvalue weighted by atomic mass is 16.5. The summed E-state index contributed by atoms with van der Waals surface area (Å²) in [5.41, 5.74) is 1.83. The number of carbonyl (C=O) groups excluding carboxylic acids is 1. The molecule has 0 bridgehead atoms. The molecule has 0 spiro atoms. The molecular weight excluding hydrogens is 316 g/mol. The van der Waals surface area contributed by atoms with Crippen LogP contribution < -0.4 is 10.1 Å². The average molecular weight is 342 g/mol. The zero-order valence-corrected chi connectivity index (χ0v) is 14.8. The van der Waals surface area contributed by atoms with Crippen LogP contribution >= 0.6 is 0 Å². The van der Waals surface area contributed by atoms with Gasteiger partial charge in [-0.25, -0.2) is 0 Å². The average Bonchev–Trinajstić information content (AvgIpc) is 2.65. The van der Waals surface area contributed by atoms with E-state index in [0.29, 0.717) is 19.7 Å². The Morgan fingerprint density at radius 2 is 1.84 bits per heavy atom. The molecule has 0 saturated heterocycles. The van der Waals surface area contributed by atoms with Crippen molar-refractivity contribution in [3.8, 4) is 5.75 Å². The Morgan fingerprint density at radius 1 is 1.16 bits per heavy atom. The topological polar surface area (TPSA) is 61.8 Å². The number of rotatable bonds is 9. The molecule has 0 heterocycles. The van der Waals surface area contributed by atoms with E-state index >= 15 is 0 Å². The van der Waals surface area contributed by atoms with E-state index in [-0.39, 0.29) is 18.6 Å². The van der Waals surface area contributed by atoms with Gasteiger partial charge in [0.15, 0.2) is 0 Å². The zero-order chi connectivity index (χ0) is 18.1. The lowest BCUT2D eigenvalue weighted by Gasteiger charge is -2.26. The summed E-state index contributed by atoms with van der Waals surface area (Å²) in [5, 5.41) is 12.0. The highest BCUT2D eigenvalue weighted by molar-refractivity contribution is 5.94. The molecule has 134 valence electrons.